The SMILES string of the molecule is O=C=C1NCc2ccc(N3C=CC(C(=O)Nc4ccnc(C(F)(F)F)c4)N3C(F)(F)F)c3cccc1c23. The summed E-state index contributed by atoms with van der Waals surface area (Å²) in [6.07, 6.45) is -7.00. The minimum atomic E-state index is -5.05. The highest BCUT2D eigenvalue weighted by atomic mass is 19.4. The predicted molar refractivity (Wildman–Crippen MR) is 121 cm³/mol. The fourth-order valence-corrected chi connectivity index (χ4v) is 4.39. The van der Waals surface area contributed by atoms with Gasteiger partial charge in [-0.25, -0.2) is 4.79 Å². The average molecular weight is 519 g/mol. The summed E-state index contributed by atoms with van der Waals surface area (Å²) in [5.74, 6) is 0.594. The Morgan fingerprint density at radius 2 is 1.89 bits per heavy atom. The highest BCUT2D eigenvalue weighted by Crippen LogP contribution is 2.41. The van der Waals surface area contributed by atoms with Gasteiger partial charge in [0.15, 0.2) is 5.94 Å². The number of amides is 1. The summed E-state index contributed by atoms with van der Waals surface area (Å²) >= 11 is 0. The van der Waals surface area contributed by atoms with E-state index in [0.29, 0.717) is 22.4 Å². The van der Waals surface area contributed by atoms with Crippen LogP contribution in [0.2, 0.25) is 0 Å². The minimum absolute atomic E-state index is 0.0832. The zero-order valence-electron chi connectivity index (χ0n) is 18.5. The fraction of sp³-hybridized carbons (Fsp3) is 0.167. The van der Waals surface area contributed by atoms with E-state index in [9.17, 15) is 35.9 Å². The molecule has 0 bridgehead atoms. The second-order valence-corrected chi connectivity index (χ2v) is 8.16. The van der Waals surface area contributed by atoms with Crippen molar-refractivity contribution < 1.29 is 35.9 Å². The van der Waals surface area contributed by atoms with Crippen LogP contribution in [0.15, 0.2) is 60.9 Å². The first-order valence-electron chi connectivity index (χ1n) is 10.7. The third-order valence-electron chi connectivity index (χ3n) is 5.93. The number of carbonyl (C=O) groups excluding carboxylic acids is 2. The van der Waals surface area contributed by atoms with E-state index in [2.05, 4.69) is 15.6 Å². The minimum Gasteiger partial charge on any atom is -0.371 e. The van der Waals surface area contributed by atoms with Gasteiger partial charge in [0.2, 0.25) is 5.91 Å². The average Bonchev–Trinajstić information content (AvgIpc) is 3.30. The van der Waals surface area contributed by atoms with Crippen molar-refractivity contribution in [2.45, 2.75) is 25.1 Å². The monoisotopic (exact) mass is 519 g/mol. The van der Waals surface area contributed by atoms with Crippen molar-refractivity contribution in [3.05, 3.63) is 77.8 Å². The third kappa shape index (κ3) is 4.28. The number of aromatic nitrogens is 1. The number of nitrogens with zero attached hydrogens (tertiary/aromatic N) is 3. The Morgan fingerprint density at radius 3 is 2.59 bits per heavy atom. The van der Waals surface area contributed by atoms with Crippen LogP contribution in [0.4, 0.5) is 37.7 Å². The molecule has 3 aromatic rings. The number of rotatable bonds is 3. The van der Waals surface area contributed by atoms with Crippen molar-refractivity contribution in [3.63, 3.8) is 0 Å². The maximum Gasteiger partial charge on any atom is 0.478 e. The molecule has 1 aromatic heterocycles. The van der Waals surface area contributed by atoms with E-state index in [-0.39, 0.29) is 28.6 Å². The van der Waals surface area contributed by atoms with Gasteiger partial charge < -0.3 is 10.6 Å². The lowest BCUT2D eigenvalue weighted by molar-refractivity contribution is -0.250. The van der Waals surface area contributed by atoms with Crippen LogP contribution in [0, 0.1) is 0 Å². The second-order valence-electron chi connectivity index (χ2n) is 8.16. The number of halogens is 6. The van der Waals surface area contributed by atoms with Gasteiger partial charge in [-0.3, -0.25) is 14.8 Å². The molecular weight excluding hydrogens is 504 g/mol. The van der Waals surface area contributed by atoms with Crippen LogP contribution < -0.4 is 15.6 Å². The molecule has 0 saturated carbocycles. The number of pyridine rings is 1. The molecule has 1 atom stereocenters. The fourth-order valence-electron chi connectivity index (χ4n) is 4.39. The molecule has 7 nitrogen and oxygen atoms in total. The molecule has 2 aliphatic heterocycles. The molecule has 13 heteroatoms. The van der Waals surface area contributed by atoms with E-state index in [1.54, 1.807) is 30.2 Å². The van der Waals surface area contributed by atoms with Gasteiger partial charge in [-0.1, -0.05) is 24.3 Å². The Labute approximate surface area is 204 Å². The first-order valence-corrected chi connectivity index (χ1v) is 10.7. The van der Waals surface area contributed by atoms with Gasteiger partial charge in [-0.15, -0.1) is 5.01 Å². The van der Waals surface area contributed by atoms with E-state index in [1.165, 1.54) is 6.07 Å². The largest absolute Gasteiger partial charge is 0.478 e. The summed E-state index contributed by atoms with van der Waals surface area (Å²) in [6, 6.07) is 7.55. The maximum absolute atomic E-state index is 14.3. The lowest BCUT2D eigenvalue weighted by Crippen LogP contribution is -2.54. The number of alkyl halides is 6. The number of nitrogens with one attached hydrogen (secondary N) is 2. The van der Waals surface area contributed by atoms with Crippen LogP contribution >= 0.6 is 0 Å². The second kappa shape index (κ2) is 8.64. The molecule has 0 aliphatic carbocycles. The number of hydrogen-bond donors (Lipinski definition) is 2. The van der Waals surface area contributed by atoms with E-state index < -0.39 is 30.1 Å². The van der Waals surface area contributed by atoms with Crippen LogP contribution in [0.1, 0.15) is 16.8 Å². The molecule has 1 unspecified atom stereocenters. The summed E-state index contributed by atoms with van der Waals surface area (Å²) in [6.45, 7) is 0.272. The predicted octanol–water partition coefficient (Wildman–Crippen LogP) is 4.61. The van der Waals surface area contributed by atoms with Crippen molar-refractivity contribution in [2.75, 3.05) is 10.3 Å². The lowest BCUT2D eigenvalue weighted by atomic mass is 9.93. The van der Waals surface area contributed by atoms with Gasteiger partial charge in [-0.2, -0.15) is 26.3 Å². The number of benzene rings is 2. The van der Waals surface area contributed by atoms with Crippen molar-refractivity contribution in [1.82, 2.24) is 15.3 Å². The highest BCUT2D eigenvalue weighted by molar-refractivity contribution is 6.07. The summed E-state index contributed by atoms with van der Waals surface area (Å²) in [7, 11) is 0. The normalized spacial score (nSPS) is 17.6. The molecule has 0 radical (unpaired) electrons. The molecule has 5 rings (SSSR count). The Morgan fingerprint density at radius 1 is 1.11 bits per heavy atom. The van der Waals surface area contributed by atoms with E-state index in [1.807, 2.05) is 0 Å². The van der Waals surface area contributed by atoms with Crippen LogP contribution in [0.3, 0.4) is 0 Å². The van der Waals surface area contributed by atoms with Crippen LogP contribution in [0.25, 0.3) is 16.5 Å². The molecule has 1 amide bonds. The summed E-state index contributed by atoms with van der Waals surface area (Å²) in [4.78, 5) is 27.4. The van der Waals surface area contributed by atoms with Gasteiger partial charge in [0.1, 0.15) is 17.4 Å². The van der Waals surface area contributed by atoms with Gasteiger partial charge in [0, 0.05) is 35.6 Å². The number of carbonyl (C=O) groups is 1. The molecule has 2 aliphatic rings. The smallest absolute Gasteiger partial charge is 0.371 e. The van der Waals surface area contributed by atoms with E-state index in [4.69, 9.17) is 0 Å². The molecule has 2 aromatic carbocycles. The molecule has 190 valence electrons. The number of anilines is 2. The van der Waals surface area contributed by atoms with Gasteiger partial charge >= 0.3 is 12.5 Å². The Bertz CT molecular complexity index is 1490. The molecule has 0 saturated heterocycles. The molecule has 0 fully saturated rings. The Kier molecular flexibility index (Phi) is 5.69. The molecule has 2 N–H and O–H groups in total. The van der Waals surface area contributed by atoms with Gasteiger partial charge in [-0.05, 0) is 35.2 Å². The number of hydrogen-bond acceptors (Lipinski definition) is 6. The van der Waals surface area contributed by atoms with Gasteiger partial charge in [0.05, 0.1) is 5.69 Å². The van der Waals surface area contributed by atoms with Crippen molar-refractivity contribution in [2.24, 2.45) is 0 Å². The summed E-state index contributed by atoms with van der Waals surface area (Å²) < 4.78 is 81.6. The molecule has 37 heavy (non-hydrogen) atoms. The topological polar surface area (TPSA) is 77.6 Å². The van der Waals surface area contributed by atoms with Crippen molar-refractivity contribution in [1.29, 1.82) is 0 Å². The summed E-state index contributed by atoms with van der Waals surface area (Å²) in [5.41, 5.74) is -0.174. The van der Waals surface area contributed by atoms with Gasteiger partial charge in [0.25, 0.3) is 0 Å². The third-order valence-corrected chi connectivity index (χ3v) is 5.93. The van der Waals surface area contributed by atoms with Crippen molar-refractivity contribution >= 4 is 39.7 Å². The van der Waals surface area contributed by atoms with E-state index >= 15 is 0 Å². The van der Waals surface area contributed by atoms with Crippen LogP contribution in [-0.4, -0.2) is 34.2 Å². The maximum atomic E-state index is 14.3. The first kappa shape index (κ1) is 24.3. The molecule has 3 heterocycles. The zero-order chi connectivity index (χ0) is 26.5. The lowest BCUT2D eigenvalue weighted by Gasteiger charge is -2.35. The highest BCUT2D eigenvalue weighted by Gasteiger charge is 2.50. The Balaban J connectivity index is 1.52. The van der Waals surface area contributed by atoms with Crippen LogP contribution in [-0.2, 0) is 22.3 Å². The number of hydrazine groups is 1. The zero-order valence-corrected chi connectivity index (χ0v) is 18.5. The van der Waals surface area contributed by atoms with Crippen LogP contribution in [0.5, 0.6) is 0 Å². The van der Waals surface area contributed by atoms with E-state index in [0.717, 1.165) is 35.1 Å². The molecule has 0 spiro atoms. The first-order chi connectivity index (χ1) is 17.5. The Hall–Kier alpha value is -4.35. The van der Waals surface area contributed by atoms with Crippen molar-refractivity contribution in [3.8, 4) is 0 Å². The summed E-state index contributed by atoms with van der Waals surface area (Å²) in [5, 5.41) is 6.61. The molecular formula is C24H15F6N5O2. The quantitative estimate of drug-likeness (QED) is 0.299. The standard InChI is InChI=1S/C24H15F6N5O2/c25-23(26,27)20-10-14(6-8-31-20)33-22(37)19-7-9-34(35(19)24(28,29)30)18-5-4-13-11-32-17(12-36)15-2-1-3-16(18)21(13)15/h1-10,19,32H,11H2,(H,31,33,37).